The fourth-order valence-electron chi connectivity index (χ4n) is 3.64. The van der Waals surface area contributed by atoms with Gasteiger partial charge in [-0.05, 0) is 62.1 Å². The standard InChI is InChI=1S/C16H19NO2.C11H9F3N4O/c1-16(2,19)10-9-12-7-8-13-5-4-6-15(18)17(3)14(13)11-12;12-11(13,14)9-3-1-2-8(17-9)4-7-5-16-18(6-7)10(15)19/h7-8,11,19H,4-6H2,1-3H3;1-3,5-6H,4H2,(H2,15,19). The molecule has 0 fully saturated rings. The quantitative estimate of drug-likeness (QED) is 0.491. The molecule has 0 unspecified atom stereocenters. The summed E-state index contributed by atoms with van der Waals surface area (Å²) in [5.74, 6) is 5.89. The lowest BCUT2D eigenvalue weighted by Gasteiger charge is -2.17. The van der Waals surface area contributed by atoms with Gasteiger partial charge < -0.3 is 15.7 Å². The molecule has 0 atom stereocenters. The molecule has 0 saturated carbocycles. The van der Waals surface area contributed by atoms with E-state index in [9.17, 15) is 27.9 Å². The summed E-state index contributed by atoms with van der Waals surface area (Å²) < 4.78 is 38.3. The molecule has 11 heteroatoms. The normalized spacial score (nSPS) is 13.4. The van der Waals surface area contributed by atoms with Crippen LogP contribution in [-0.2, 0) is 23.8 Å². The maximum atomic E-state index is 12.5. The number of rotatable bonds is 2. The lowest BCUT2D eigenvalue weighted by Crippen LogP contribution is -2.25. The molecule has 3 aromatic rings. The number of hydrogen-bond acceptors (Lipinski definition) is 5. The van der Waals surface area contributed by atoms with E-state index in [0.717, 1.165) is 34.8 Å². The SMILES string of the molecule is CN1C(=O)CCCc2ccc(C#CC(C)(C)O)cc21.NC(=O)n1cc(Cc2cccc(C(F)(F)F)n2)cn1. The Kier molecular flexibility index (Phi) is 8.58. The molecule has 0 spiro atoms. The fraction of sp³-hybridized carbons (Fsp3) is 0.333. The summed E-state index contributed by atoms with van der Waals surface area (Å²) in [6, 6.07) is 8.79. The highest BCUT2D eigenvalue weighted by atomic mass is 19.4. The van der Waals surface area contributed by atoms with Gasteiger partial charge in [-0.1, -0.05) is 24.0 Å². The van der Waals surface area contributed by atoms with Gasteiger partial charge in [0.25, 0.3) is 0 Å². The smallest absolute Gasteiger partial charge is 0.378 e. The lowest BCUT2D eigenvalue weighted by atomic mass is 10.0. The molecule has 3 heterocycles. The topological polar surface area (TPSA) is 114 Å². The third-order valence-corrected chi connectivity index (χ3v) is 5.51. The number of aromatic nitrogens is 3. The van der Waals surface area contributed by atoms with Gasteiger partial charge in [0.15, 0.2) is 0 Å². The molecule has 0 saturated heterocycles. The Bertz CT molecular complexity index is 1380. The van der Waals surface area contributed by atoms with Crippen molar-refractivity contribution in [3.05, 3.63) is 76.9 Å². The van der Waals surface area contributed by atoms with Gasteiger partial charge in [-0.2, -0.15) is 23.0 Å². The van der Waals surface area contributed by atoms with Crippen molar-refractivity contribution in [2.24, 2.45) is 5.73 Å². The number of benzene rings is 1. The maximum absolute atomic E-state index is 12.5. The summed E-state index contributed by atoms with van der Waals surface area (Å²) in [5.41, 5.74) is 6.76. The van der Waals surface area contributed by atoms with E-state index in [1.165, 1.54) is 30.1 Å². The lowest BCUT2D eigenvalue weighted by molar-refractivity contribution is -0.141. The van der Waals surface area contributed by atoms with Crippen LogP contribution in [0.2, 0.25) is 0 Å². The van der Waals surface area contributed by atoms with Crippen LogP contribution in [-0.4, -0.2) is 44.5 Å². The molecule has 2 amide bonds. The van der Waals surface area contributed by atoms with E-state index in [4.69, 9.17) is 5.73 Å². The highest BCUT2D eigenvalue weighted by Crippen LogP contribution is 2.28. The first-order valence-electron chi connectivity index (χ1n) is 11.7. The molecule has 0 aliphatic carbocycles. The second-order valence-electron chi connectivity index (χ2n) is 9.28. The molecule has 2 aromatic heterocycles. The van der Waals surface area contributed by atoms with E-state index in [-0.39, 0.29) is 18.0 Å². The highest BCUT2D eigenvalue weighted by Gasteiger charge is 2.32. The third kappa shape index (κ3) is 7.91. The van der Waals surface area contributed by atoms with Gasteiger partial charge >= 0.3 is 12.2 Å². The van der Waals surface area contributed by atoms with Crippen LogP contribution in [0, 0.1) is 11.8 Å². The summed E-state index contributed by atoms with van der Waals surface area (Å²) in [4.78, 5) is 27.9. The van der Waals surface area contributed by atoms with Gasteiger partial charge in [0.1, 0.15) is 11.3 Å². The zero-order chi connectivity index (χ0) is 28.1. The Morgan fingerprint density at radius 3 is 2.55 bits per heavy atom. The molecule has 1 aromatic carbocycles. The van der Waals surface area contributed by atoms with Crippen LogP contribution >= 0.6 is 0 Å². The number of alkyl halides is 3. The maximum Gasteiger partial charge on any atom is 0.433 e. The fourth-order valence-corrected chi connectivity index (χ4v) is 3.64. The molecule has 1 aliphatic heterocycles. The number of pyridine rings is 1. The predicted molar refractivity (Wildman–Crippen MR) is 135 cm³/mol. The minimum absolute atomic E-state index is 0.136. The van der Waals surface area contributed by atoms with Gasteiger partial charge in [0, 0.05) is 43.0 Å². The minimum Gasteiger partial charge on any atom is -0.378 e. The number of nitrogens with zero attached hydrogens (tertiary/aromatic N) is 4. The molecule has 8 nitrogen and oxygen atoms in total. The van der Waals surface area contributed by atoms with Crippen molar-refractivity contribution in [3.8, 4) is 11.8 Å². The summed E-state index contributed by atoms with van der Waals surface area (Å²) in [5, 5.41) is 13.3. The Labute approximate surface area is 218 Å². The van der Waals surface area contributed by atoms with Crippen molar-refractivity contribution in [2.45, 2.75) is 51.3 Å². The van der Waals surface area contributed by atoms with E-state index in [1.807, 2.05) is 18.2 Å². The van der Waals surface area contributed by atoms with Crippen LogP contribution in [0.3, 0.4) is 0 Å². The summed E-state index contributed by atoms with van der Waals surface area (Å²) in [6.07, 6.45) is 0.771. The number of carbonyl (C=O) groups is 2. The first kappa shape index (κ1) is 28.4. The van der Waals surface area contributed by atoms with Crippen molar-refractivity contribution in [1.82, 2.24) is 14.8 Å². The van der Waals surface area contributed by atoms with E-state index in [1.54, 1.807) is 25.8 Å². The molecular formula is C27H28F3N5O3. The number of nitrogens with two attached hydrogens (primary N) is 1. The molecular weight excluding hydrogens is 499 g/mol. The van der Waals surface area contributed by atoms with Crippen molar-refractivity contribution < 1.29 is 27.9 Å². The van der Waals surface area contributed by atoms with Crippen molar-refractivity contribution in [2.75, 3.05) is 11.9 Å². The third-order valence-electron chi connectivity index (χ3n) is 5.51. The number of hydrogen-bond donors (Lipinski definition) is 2. The molecule has 38 heavy (non-hydrogen) atoms. The largest absolute Gasteiger partial charge is 0.433 e. The second kappa shape index (κ2) is 11.5. The van der Waals surface area contributed by atoms with E-state index in [2.05, 4.69) is 21.9 Å². The van der Waals surface area contributed by atoms with Crippen LogP contribution in [0.5, 0.6) is 0 Å². The highest BCUT2D eigenvalue weighted by molar-refractivity contribution is 5.94. The molecule has 3 N–H and O–H groups in total. The van der Waals surface area contributed by atoms with Gasteiger partial charge in [-0.15, -0.1) is 0 Å². The second-order valence-corrected chi connectivity index (χ2v) is 9.28. The molecule has 4 rings (SSSR count). The summed E-state index contributed by atoms with van der Waals surface area (Å²) >= 11 is 0. The van der Waals surface area contributed by atoms with Gasteiger partial charge in [0.2, 0.25) is 5.91 Å². The Morgan fingerprint density at radius 2 is 1.92 bits per heavy atom. The van der Waals surface area contributed by atoms with Crippen molar-refractivity contribution in [1.29, 1.82) is 0 Å². The van der Waals surface area contributed by atoms with Crippen LogP contribution in [0.1, 0.15) is 54.8 Å². The minimum atomic E-state index is -4.48. The zero-order valence-corrected chi connectivity index (χ0v) is 21.2. The van der Waals surface area contributed by atoms with Crippen LogP contribution < -0.4 is 10.6 Å². The van der Waals surface area contributed by atoms with Crippen LogP contribution in [0.25, 0.3) is 0 Å². The van der Waals surface area contributed by atoms with Crippen LogP contribution in [0.4, 0.5) is 23.7 Å². The average Bonchev–Trinajstić information content (AvgIpc) is 3.26. The Morgan fingerprint density at radius 1 is 1.18 bits per heavy atom. The number of halogens is 3. The predicted octanol–water partition coefficient (Wildman–Crippen LogP) is 3.92. The molecule has 200 valence electrons. The van der Waals surface area contributed by atoms with E-state index in [0.29, 0.717) is 12.0 Å². The zero-order valence-electron chi connectivity index (χ0n) is 21.2. The number of fused-ring (bicyclic) bond motifs is 1. The van der Waals surface area contributed by atoms with Crippen LogP contribution in [0.15, 0.2) is 48.8 Å². The molecule has 0 radical (unpaired) electrons. The molecule has 1 aliphatic rings. The first-order chi connectivity index (χ1) is 17.7. The average molecular weight is 528 g/mol. The summed E-state index contributed by atoms with van der Waals surface area (Å²) in [7, 11) is 1.81. The van der Waals surface area contributed by atoms with Gasteiger partial charge in [-0.3, -0.25) is 4.79 Å². The summed E-state index contributed by atoms with van der Waals surface area (Å²) in [6.45, 7) is 3.30. The van der Waals surface area contributed by atoms with Crippen molar-refractivity contribution in [3.63, 3.8) is 0 Å². The monoisotopic (exact) mass is 527 g/mol. The van der Waals surface area contributed by atoms with Gasteiger partial charge in [0.05, 0.1) is 6.20 Å². The number of primary amides is 1. The Balaban J connectivity index is 0.000000211. The number of anilines is 1. The van der Waals surface area contributed by atoms with E-state index < -0.39 is 23.5 Å². The molecule has 0 bridgehead atoms. The number of amides is 2. The number of aliphatic hydroxyl groups is 1. The first-order valence-corrected chi connectivity index (χ1v) is 11.7. The number of carbonyl (C=O) groups excluding carboxylic acids is 2. The number of aryl methyl sites for hydroxylation is 1. The van der Waals surface area contributed by atoms with E-state index >= 15 is 0 Å². The van der Waals surface area contributed by atoms with Crippen molar-refractivity contribution >= 4 is 17.6 Å². The van der Waals surface area contributed by atoms with Gasteiger partial charge in [-0.25, -0.2) is 9.78 Å². The Hall–Kier alpha value is -4.17.